The summed E-state index contributed by atoms with van der Waals surface area (Å²) in [4.78, 5) is 0. The molecule has 2 aromatic heterocycles. The van der Waals surface area contributed by atoms with Gasteiger partial charge in [-0.05, 0) is 66.1 Å². The summed E-state index contributed by atoms with van der Waals surface area (Å²) in [5.41, 5.74) is 7.60. The van der Waals surface area contributed by atoms with Gasteiger partial charge in [-0.15, -0.1) is 0 Å². The van der Waals surface area contributed by atoms with E-state index < -0.39 is 0 Å². The minimum atomic E-state index is 1.12. The van der Waals surface area contributed by atoms with E-state index >= 15 is 0 Å². The molecular weight excluding hydrogens is 362 g/mol. The van der Waals surface area contributed by atoms with E-state index in [-0.39, 0.29) is 0 Å². The van der Waals surface area contributed by atoms with Crippen LogP contribution in [0.25, 0.3) is 61.5 Å². The first-order valence-electron chi connectivity index (χ1n) is 10.5. The number of nitrogens with zero attached hydrogens (tertiary/aromatic N) is 1. The van der Waals surface area contributed by atoms with E-state index in [1.807, 2.05) is 0 Å². The molecule has 0 aliphatic rings. The van der Waals surface area contributed by atoms with Crippen LogP contribution >= 0.6 is 0 Å². The minimum Gasteiger partial charge on any atom is -0.308 e. The third-order valence-corrected chi connectivity index (χ3v) is 6.60. The quantitative estimate of drug-likeness (QED) is 0.261. The van der Waals surface area contributed by atoms with Crippen LogP contribution in [0.15, 0.2) is 66.7 Å². The Hall–Kier alpha value is -3.58. The Labute approximate surface area is 175 Å². The van der Waals surface area contributed by atoms with Gasteiger partial charge in [0.15, 0.2) is 0 Å². The van der Waals surface area contributed by atoms with Crippen molar-refractivity contribution in [2.24, 2.45) is 0 Å². The van der Waals surface area contributed by atoms with E-state index in [1.54, 1.807) is 0 Å². The van der Waals surface area contributed by atoms with Gasteiger partial charge in [-0.1, -0.05) is 66.8 Å². The molecule has 1 nitrogen and oxygen atoms in total. The normalized spacial score (nSPS) is 12.5. The predicted octanol–water partition coefficient (Wildman–Crippen LogP) is 7.33. The molecule has 0 saturated heterocycles. The number of benzene rings is 4. The van der Waals surface area contributed by atoms with Crippen LogP contribution in [0.3, 0.4) is 0 Å². The van der Waals surface area contributed by atoms with Gasteiger partial charge in [0, 0.05) is 21.5 Å². The topological polar surface area (TPSA) is 4.41 Å². The Morgan fingerprint density at radius 1 is 0.800 bits per heavy atom. The van der Waals surface area contributed by atoms with Crippen molar-refractivity contribution in [2.45, 2.75) is 20.8 Å². The number of rotatable bonds is 1. The summed E-state index contributed by atoms with van der Waals surface area (Å²) in [6.07, 6.45) is 4.32. The van der Waals surface area contributed by atoms with Crippen molar-refractivity contribution in [2.75, 3.05) is 0 Å². The first-order chi connectivity index (χ1) is 14.6. The van der Waals surface area contributed by atoms with E-state index in [9.17, 15) is 0 Å². The molecule has 0 aliphatic carbocycles. The largest absolute Gasteiger partial charge is 0.308 e. The second-order valence-electron chi connectivity index (χ2n) is 8.38. The van der Waals surface area contributed by atoms with Crippen molar-refractivity contribution in [3.05, 3.63) is 88.6 Å². The van der Waals surface area contributed by atoms with Gasteiger partial charge >= 0.3 is 0 Å². The molecule has 0 saturated carbocycles. The van der Waals surface area contributed by atoms with Gasteiger partial charge in [-0.2, -0.15) is 0 Å². The van der Waals surface area contributed by atoms with E-state index in [1.165, 1.54) is 65.6 Å². The molecule has 1 heteroatoms. The van der Waals surface area contributed by atoms with Crippen LogP contribution in [0, 0.1) is 13.8 Å². The van der Waals surface area contributed by atoms with Gasteiger partial charge in [0.1, 0.15) is 0 Å². The molecule has 0 unspecified atom stereocenters. The zero-order valence-corrected chi connectivity index (χ0v) is 17.6. The first kappa shape index (κ1) is 17.3. The third kappa shape index (κ3) is 2.07. The third-order valence-electron chi connectivity index (χ3n) is 6.60. The predicted molar refractivity (Wildman–Crippen MR) is 132 cm³/mol. The van der Waals surface area contributed by atoms with Crippen molar-refractivity contribution in [3.8, 4) is 0 Å². The fraction of sp³-hybridized carbons (Fsp3) is 0.103. The van der Waals surface area contributed by atoms with Gasteiger partial charge in [-0.25, -0.2) is 0 Å². The average molecular weight is 386 g/mol. The van der Waals surface area contributed by atoms with Crippen molar-refractivity contribution in [1.82, 2.24) is 4.40 Å². The molecule has 0 radical (unpaired) electrons. The molecule has 4 aromatic carbocycles. The fourth-order valence-corrected chi connectivity index (χ4v) is 5.32. The zero-order valence-electron chi connectivity index (χ0n) is 17.6. The zero-order chi connectivity index (χ0) is 20.6. The first-order valence-corrected chi connectivity index (χ1v) is 10.5. The Balaban J connectivity index is 2.06. The van der Waals surface area contributed by atoms with Crippen LogP contribution in [0.1, 0.15) is 23.6 Å². The lowest BCUT2D eigenvalue weighted by Gasteiger charge is -2.15. The highest BCUT2D eigenvalue weighted by Crippen LogP contribution is 2.37. The van der Waals surface area contributed by atoms with Crippen LogP contribution in [0.4, 0.5) is 0 Å². The molecule has 0 amide bonds. The number of aryl methyl sites for hydroxylation is 2. The summed E-state index contributed by atoms with van der Waals surface area (Å²) in [7, 11) is 0. The smallest absolute Gasteiger partial charge is 0.0625 e. The maximum atomic E-state index is 4.63. The standard InChI is InChI=1S/C29H23N/c1-5-8-20-12-13-23-24-15-17(2)11-14-25(24)30-26-16-21-9-6-7-10-22(21)18(3)27(26)19(4)28(20)29(23)30/h5-16H,4H2,1-3H3/b8-5-. The number of aromatic nitrogens is 1. The lowest BCUT2D eigenvalue weighted by Crippen LogP contribution is -2.09. The van der Waals surface area contributed by atoms with Crippen LogP contribution in [-0.4, -0.2) is 4.40 Å². The molecule has 0 N–H and O–H groups in total. The number of fused-ring (bicyclic) bond motifs is 6. The van der Waals surface area contributed by atoms with E-state index in [0.717, 1.165) is 5.22 Å². The monoisotopic (exact) mass is 385 g/mol. The number of hydrogen-bond donors (Lipinski definition) is 0. The van der Waals surface area contributed by atoms with E-state index in [0.29, 0.717) is 0 Å². The highest BCUT2D eigenvalue weighted by atomic mass is 14.9. The van der Waals surface area contributed by atoms with E-state index in [2.05, 4.69) is 105 Å². The summed E-state index contributed by atoms with van der Waals surface area (Å²) in [5, 5.41) is 8.82. The van der Waals surface area contributed by atoms with Crippen LogP contribution in [0.5, 0.6) is 0 Å². The molecule has 6 aromatic rings. The highest BCUT2D eigenvalue weighted by Gasteiger charge is 2.18. The summed E-state index contributed by atoms with van der Waals surface area (Å²) < 4.78 is 2.47. The second kappa shape index (κ2) is 5.96. The van der Waals surface area contributed by atoms with Crippen LogP contribution < -0.4 is 5.22 Å². The summed E-state index contributed by atoms with van der Waals surface area (Å²) in [5.74, 6) is 0. The second-order valence-corrected chi connectivity index (χ2v) is 8.38. The van der Waals surface area contributed by atoms with Gasteiger partial charge in [0.25, 0.3) is 0 Å². The average Bonchev–Trinajstić information content (AvgIpc) is 3.06. The van der Waals surface area contributed by atoms with Gasteiger partial charge in [0.2, 0.25) is 0 Å². The SMILES string of the molecule is C=c1c2c(C)c3ccccc3cc2n2c3ccc(C)cc3c3ccc(/C=C\C)c1c32. The molecule has 144 valence electrons. The van der Waals surface area contributed by atoms with Crippen LogP contribution in [-0.2, 0) is 0 Å². The molecule has 0 atom stereocenters. The minimum absolute atomic E-state index is 1.12. The molecule has 0 bridgehead atoms. The Morgan fingerprint density at radius 3 is 2.47 bits per heavy atom. The van der Waals surface area contributed by atoms with Gasteiger partial charge < -0.3 is 4.40 Å². The number of hydrogen-bond acceptors (Lipinski definition) is 0. The van der Waals surface area contributed by atoms with Crippen molar-refractivity contribution >= 4 is 61.5 Å². The maximum absolute atomic E-state index is 4.63. The number of allylic oxidation sites excluding steroid dienone is 1. The molecule has 0 fully saturated rings. The fourth-order valence-electron chi connectivity index (χ4n) is 5.32. The van der Waals surface area contributed by atoms with Gasteiger partial charge in [-0.3, -0.25) is 0 Å². The molecule has 0 spiro atoms. The molecule has 0 aliphatic heterocycles. The lowest BCUT2D eigenvalue weighted by atomic mass is 9.95. The van der Waals surface area contributed by atoms with Crippen molar-refractivity contribution < 1.29 is 0 Å². The van der Waals surface area contributed by atoms with E-state index in [4.69, 9.17) is 0 Å². The van der Waals surface area contributed by atoms with Crippen LogP contribution in [0.2, 0.25) is 0 Å². The summed E-state index contributed by atoms with van der Waals surface area (Å²) in [6.45, 7) is 11.1. The molecule has 6 rings (SSSR count). The number of pyridine rings is 1. The molecule has 30 heavy (non-hydrogen) atoms. The maximum Gasteiger partial charge on any atom is 0.0625 e. The lowest BCUT2D eigenvalue weighted by molar-refractivity contribution is 1.33. The molecular formula is C29H23N. The Kier molecular flexibility index (Phi) is 3.44. The summed E-state index contributed by atoms with van der Waals surface area (Å²) >= 11 is 0. The van der Waals surface area contributed by atoms with Crippen molar-refractivity contribution in [1.29, 1.82) is 0 Å². The Bertz CT molecular complexity index is 1730. The molecule has 2 heterocycles. The Morgan fingerprint density at radius 2 is 1.63 bits per heavy atom. The highest BCUT2D eigenvalue weighted by molar-refractivity contribution is 6.20. The van der Waals surface area contributed by atoms with Crippen molar-refractivity contribution in [3.63, 3.8) is 0 Å². The summed E-state index contributed by atoms with van der Waals surface area (Å²) in [6, 6.07) is 22.3. The van der Waals surface area contributed by atoms with Gasteiger partial charge in [0.05, 0.1) is 16.6 Å².